The maximum absolute atomic E-state index is 11.9. The van der Waals surface area contributed by atoms with Gasteiger partial charge in [0.1, 0.15) is 5.75 Å². The number of hydrogen-bond acceptors (Lipinski definition) is 3. The molecule has 22 heavy (non-hydrogen) atoms. The van der Waals surface area contributed by atoms with Gasteiger partial charge in [-0.3, -0.25) is 4.79 Å². The van der Waals surface area contributed by atoms with Gasteiger partial charge in [0.15, 0.2) is 11.5 Å². The normalized spacial score (nSPS) is 14.0. The molecule has 114 valence electrons. The molecule has 1 N–H and O–H groups in total. The second kappa shape index (κ2) is 6.52. The zero-order valence-electron chi connectivity index (χ0n) is 12.5. The molecule has 1 aliphatic rings. The van der Waals surface area contributed by atoms with Crippen molar-refractivity contribution < 1.29 is 14.3 Å². The molecular weight excluding hydrogens is 278 g/mol. The van der Waals surface area contributed by atoms with Crippen molar-refractivity contribution in [1.29, 1.82) is 0 Å². The van der Waals surface area contributed by atoms with Crippen LogP contribution in [0.1, 0.15) is 19.3 Å². The Labute approximate surface area is 130 Å². The lowest BCUT2D eigenvalue weighted by atomic mass is 9.85. The van der Waals surface area contributed by atoms with E-state index < -0.39 is 0 Å². The number of ether oxygens (including phenoxy) is 2. The van der Waals surface area contributed by atoms with Crippen molar-refractivity contribution in [2.45, 2.75) is 19.3 Å². The first-order chi connectivity index (χ1) is 10.8. The van der Waals surface area contributed by atoms with Gasteiger partial charge in [-0.2, -0.15) is 0 Å². The van der Waals surface area contributed by atoms with Crippen molar-refractivity contribution in [3.05, 3.63) is 48.5 Å². The Morgan fingerprint density at radius 2 is 1.73 bits per heavy atom. The predicted molar refractivity (Wildman–Crippen MR) is 85.5 cm³/mol. The topological polar surface area (TPSA) is 47.6 Å². The van der Waals surface area contributed by atoms with Crippen LogP contribution >= 0.6 is 0 Å². The summed E-state index contributed by atoms with van der Waals surface area (Å²) in [5.41, 5.74) is 0.796. The first kappa shape index (κ1) is 14.4. The van der Waals surface area contributed by atoms with Crippen LogP contribution in [0.4, 0.5) is 5.69 Å². The number of para-hydroxylation sites is 2. The number of nitrogens with one attached hydrogen (secondary N) is 1. The van der Waals surface area contributed by atoms with Crippen LogP contribution < -0.4 is 14.8 Å². The lowest BCUT2D eigenvalue weighted by molar-refractivity contribution is -0.122. The second-order valence-electron chi connectivity index (χ2n) is 5.39. The maximum atomic E-state index is 11.9. The van der Waals surface area contributed by atoms with Crippen molar-refractivity contribution >= 4 is 11.6 Å². The Hall–Kier alpha value is -2.49. The number of carbonyl (C=O) groups is 1. The van der Waals surface area contributed by atoms with Gasteiger partial charge in [-0.05, 0) is 49.2 Å². The standard InChI is InChI=1S/C18H19NO3/c1-21-16-7-2-3-8-17(16)22-15-11-9-14(10-12-15)19-18(20)13-5-4-6-13/h2-3,7-13H,4-6H2,1H3,(H,19,20). The summed E-state index contributed by atoms with van der Waals surface area (Å²) in [6.45, 7) is 0. The van der Waals surface area contributed by atoms with Crippen LogP contribution in [0.15, 0.2) is 48.5 Å². The number of carbonyl (C=O) groups excluding carboxylic acids is 1. The van der Waals surface area contributed by atoms with Gasteiger partial charge in [-0.15, -0.1) is 0 Å². The molecule has 3 rings (SSSR count). The lowest BCUT2D eigenvalue weighted by Crippen LogP contribution is -2.27. The van der Waals surface area contributed by atoms with Crippen molar-refractivity contribution in [2.75, 3.05) is 12.4 Å². The fraction of sp³-hybridized carbons (Fsp3) is 0.278. The third kappa shape index (κ3) is 3.22. The van der Waals surface area contributed by atoms with Gasteiger partial charge >= 0.3 is 0 Å². The molecule has 0 atom stereocenters. The average molecular weight is 297 g/mol. The zero-order chi connectivity index (χ0) is 15.4. The van der Waals surface area contributed by atoms with Gasteiger partial charge in [0, 0.05) is 11.6 Å². The Balaban J connectivity index is 1.65. The number of anilines is 1. The summed E-state index contributed by atoms with van der Waals surface area (Å²) in [5.74, 6) is 2.35. The molecule has 0 saturated heterocycles. The Kier molecular flexibility index (Phi) is 4.28. The summed E-state index contributed by atoms with van der Waals surface area (Å²) in [5, 5.41) is 2.94. The number of benzene rings is 2. The molecule has 1 aliphatic carbocycles. The summed E-state index contributed by atoms with van der Waals surface area (Å²) in [7, 11) is 1.61. The van der Waals surface area contributed by atoms with Crippen molar-refractivity contribution in [1.82, 2.24) is 0 Å². The summed E-state index contributed by atoms with van der Waals surface area (Å²) < 4.78 is 11.1. The van der Waals surface area contributed by atoms with E-state index in [1.165, 1.54) is 0 Å². The second-order valence-corrected chi connectivity index (χ2v) is 5.39. The van der Waals surface area contributed by atoms with Gasteiger partial charge < -0.3 is 14.8 Å². The van der Waals surface area contributed by atoms with Crippen molar-refractivity contribution in [3.63, 3.8) is 0 Å². The molecule has 1 saturated carbocycles. The van der Waals surface area contributed by atoms with E-state index in [1.54, 1.807) is 7.11 Å². The lowest BCUT2D eigenvalue weighted by Gasteiger charge is -2.24. The molecule has 0 heterocycles. The van der Waals surface area contributed by atoms with Crippen LogP contribution in [0.3, 0.4) is 0 Å². The highest BCUT2D eigenvalue weighted by Gasteiger charge is 2.25. The highest BCUT2D eigenvalue weighted by Crippen LogP contribution is 2.32. The molecular formula is C18H19NO3. The van der Waals surface area contributed by atoms with Gasteiger partial charge in [0.2, 0.25) is 5.91 Å². The Morgan fingerprint density at radius 3 is 2.32 bits per heavy atom. The number of hydrogen-bond donors (Lipinski definition) is 1. The van der Waals surface area contributed by atoms with Crippen LogP contribution in [0.5, 0.6) is 17.2 Å². The highest BCUT2D eigenvalue weighted by molar-refractivity contribution is 5.93. The largest absolute Gasteiger partial charge is 0.493 e. The quantitative estimate of drug-likeness (QED) is 0.898. The zero-order valence-corrected chi connectivity index (χ0v) is 12.5. The average Bonchev–Trinajstić information content (AvgIpc) is 2.48. The van der Waals surface area contributed by atoms with Crippen LogP contribution in [-0.4, -0.2) is 13.0 Å². The van der Waals surface area contributed by atoms with Crippen molar-refractivity contribution in [3.8, 4) is 17.2 Å². The monoisotopic (exact) mass is 297 g/mol. The fourth-order valence-electron chi connectivity index (χ4n) is 2.35. The van der Waals surface area contributed by atoms with E-state index in [0.29, 0.717) is 17.2 Å². The summed E-state index contributed by atoms with van der Waals surface area (Å²) in [6.07, 6.45) is 3.16. The van der Waals surface area contributed by atoms with Gasteiger partial charge in [-0.1, -0.05) is 18.6 Å². The molecule has 0 spiro atoms. The minimum Gasteiger partial charge on any atom is -0.493 e. The number of methoxy groups -OCH3 is 1. The number of amides is 1. The molecule has 0 bridgehead atoms. The van der Waals surface area contributed by atoms with Crippen LogP contribution in [0.2, 0.25) is 0 Å². The molecule has 1 fully saturated rings. The van der Waals surface area contributed by atoms with Gasteiger partial charge in [-0.25, -0.2) is 0 Å². The van der Waals surface area contributed by atoms with Crippen LogP contribution in [0, 0.1) is 5.92 Å². The minimum atomic E-state index is 0.115. The Morgan fingerprint density at radius 1 is 1.05 bits per heavy atom. The molecule has 4 heteroatoms. The molecule has 0 unspecified atom stereocenters. The van der Waals surface area contributed by atoms with Gasteiger partial charge in [0.05, 0.1) is 7.11 Å². The molecule has 2 aromatic rings. The molecule has 4 nitrogen and oxygen atoms in total. The molecule has 1 amide bonds. The molecule has 2 aromatic carbocycles. The first-order valence-corrected chi connectivity index (χ1v) is 7.48. The Bertz CT molecular complexity index is 648. The van der Waals surface area contributed by atoms with E-state index in [2.05, 4.69) is 5.32 Å². The van der Waals surface area contributed by atoms with E-state index >= 15 is 0 Å². The maximum Gasteiger partial charge on any atom is 0.227 e. The molecule has 0 aromatic heterocycles. The minimum absolute atomic E-state index is 0.115. The van der Waals surface area contributed by atoms with E-state index in [0.717, 1.165) is 24.9 Å². The highest BCUT2D eigenvalue weighted by atomic mass is 16.5. The van der Waals surface area contributed by atoms with E-state index in [9.17, 15) is 4.79 Å². The third-order valence-corrected chi connectivity index (χ3v) is 3.89. The van der Waals surface area contributed by atoms with E-state index in [-0.39, 0.29) is 11.8 Å². The van der Waals surface area contributed by atoms with Gasteiger partial charge in [0.25, 0.3) is 0 Å². The fourth-order valence-corrected chi connectivity index (χ4v) is 2.35. The van der Waals surface area contributed by atoms with E-state index in [4.69, 9.17) is 9.47 Å². The third-order valence-electron chi connectivity index (χ3n) is 3.89. The first-order valence-electron chi connectivity index (χ1n) is 7.48. The smallest absolute Gasteiger partial charge is 0.227 e. The molecule has 0 aliphatic heterocycles. The van der Waals surface area contributed by atoms with Crippen LogP contribution in [-0.2, 0) is 4.79 Å². The van der Waals surface area contributed by atoms with E-state index in [1.807, 2.05) is 48.5 Å². The van der Waals surface area contributed by atoms with Crippen molar-refractivity contribution in [2.24, 2.45) is 5.92 Å². The number of rotatable bonds is 5. The summed E-state index contributed by atoms with van der Waals surface area (Å²) in [4.78, 5) is 11.9. The SMILES string of the molecule is COc1ccccc1Oc1ccc(NC(=O)C2CCC2)cc1. The van der Waals surface area contributed by atoms with Crippen LogP contribution in [0.25, 0.3) is 0 Å². The predicted octanol–water partition coefficient (Wildman–Crippen LogP) is 4.23. The summed E-state index contributed by atoms with van der Waals surface area (Å²) >= 11 is 0. The molecule has 0 radical (unpaired) electrons. The summed E-state index contributed by atoms with van der Waals surface area (Å²) in [6, 6.07) is 14.9.